The van der Waals surface area contributed by atoms with Crippen LogP contribution < -0.4 is 5.32 Å². The van der Waals surface area contributed by atoms with Crippen LogP contribution in [-0.4, -0.2) is 47.5 Å². The number of carbonyl (C=O) groups excluding carboxylic acids is 1. The van der Waals surface area contributed by atoms with Gasteiger partial charge in [-0.3, -0.25) is 4.55 Å². The van der Waals surface area contributed by atoms with Crippen LogP contribution in [0.4, 0.5) is 4.79 Å². The maximum atomic E-state index is 11.5. The molecule has 0 saturated heterocycles. The molecule has 0 aliphatic heterocycles. The molecule has 1 aromatic rings. The topological polar surface area (TPSA) is 133 Å². The number of aliphatic hydroxyl groups excluding tert-OH is 2. The van der Waals surface area contributed by atoms with Gasteiger partial charge in [-0.25, -0.2) is 4.79 Å². The van der Waals surface area contributed by atoms with Crippen molar-refractivity contribution >= 4 is 16.2 Å². The molecule has 0 saturated carbocycles. The first kappa shape index (κ1) is 20.4. The summed E-state index contributed by atoms with van der Waals surface area (Å²) in [6, 6.07) is 5.27. The summed E-state index contributed by atoms with van der Waals surface area (Å²) in [5.41, 5.74) is -0.777. The molecule has 4 N–H and O–H groups in total. The van der Waals surface area contributed by atoms with Crippen LogP contribution in [0.3, 0.4) is 0 Å². The van der Waals surface area contributed by atoms with E-state index in [1.54, 1.807) is 20.8 Å². The van der Waals surface area contributed by atoms with E-state index in [1.165, 1.54) is 18.2 Å². The second kappa shape index (κ2) is 7.93. The zero-order valence-electron chi connectivity index (χ0n) is 13.8. The molecule has 0 fully saturated rings. The molecule has 1 aromatic carbocycles. The fourth-order valence-electron chi connectivity index (χ4n) is 1.96. The maximum Gasteiger partial charge on any atom is 0.407 e. The van der Waals surface area contributed by atoms with Crippen LogP contribution in [0.2, 0.25) is 0 Å². The maximum absolute atomic E-state index is 11.5. The molecule has 1 amide bonds. The fourth-order valence-corrected chi connectivity index (χ4v) is 2.70. The minimum Gasteiger partial charge on any atom is -0.444 e. The van der Waals surface area contributed by atoms with E-state index in [0.717, 1.165) is 6.07 Å². The Morgan fingerprint density at radius 3 is 2.38 bits per heavy atom. The van der Waals surface area contributed by atoms with Gasteiger partial charge in [0.05, 0.1) is 11.0 Å². The molecule has 0 aliphatic rings. The van der Waals surface area contributed by atoms with Crippen LogP contribution >= 0.6 is 0 Å². The van der Waals surface area contributed by atoms with E-state index in [2.05, 4.69) is 5.32 Å². The number of ether oxygens (including phenoxy) is 1. The molecule has 2 atom stereocenters. The highest BCUT2D eigenvalue weighted by Crippen LogP contribution is 2.25. The predicted molar refractivity (Wildman–Crippen MR) is 86.1 cm³/mol. The van der Waals surface area contributed by atoms with Gasteiger partial charge < -0.3 is 20.3 Å². The van der Waals surface area contributed by atoms with Gasteiger partial charge in [0.1, 0.15) is 11.7 Å². The van der Waals surface area contributed by atoms with Crippen molar-refractivity contribution in [3.8, 4) is 0 Å². The number of alkyl carbamates (subject to hydrolysis) is 1. The van der Waals surface area contributed by atoms with Crippen LogP contribution in [0.15, 0.2) is 29.2 Å². The molecule has 24 heavy (non-hydrogen) atoms. The van der Waals surface area contributed by atoms with Gasteiger partial charge in [0.25, 0.3) is 10.1 Å². The smallest absolute Gasteiger partial charge is 0.407 e. The normalized spacial score (nSPS) is 14.8. The van der Waals surface area contributed by atoms with E-state index in [-0.39, 0.29) is 18.5 Å². The van der Waals surface area contributed by atoms with Gasteiger partial charge in [-0.15, -0.1) is 0 Å². The SMILES string of the molecule is CC(C)(C)OC(=O)NCCC(O)C(O)c1ccccc1S(=O)(=O)O. The number of hydrogen-bond donors (Lipinski definition) is 4. The Morgan fingerprint density at radius 1 is 1.25 bits per heavy atom. The van der Waals surface area contributed by atoms with Gasteiger partial charge in [0.2, 0.25) is 0 Å². The van der Waals surface area contributed by atoms with Crippen LogP contribution in [0.5, 0.6) is 0 Å². The molecule has 0 spiro atoms. The summed E-state index contributed by atoms with van der Waals surface area (Å²) in [5, 5.41) is 22.5. The van der Waals surface area contributed by atoms with Gasteiger partial charge in [0.15, 0.2) is 0 Å². The first-order valence-electron chi connectivity index (χ1n) is 7.31. The van der Waals surface area contributed by atoms with Crippen molar-refractivity contribution < 1.29 is 32.7 Å². The molecule has 0 heterocycles. The minimum atomic E-state index is -4.53. The van der Waals surface area contributed by atoms with E-state index in [9.17, 15) is 23.4 Å². The van der Waals surface area contributed by atoms with E-state index >= 15 is 0 Å². The fraction of sp³-hybridized carbons (Fsp3) is 0.533. The lowest BCUT2D eigenvalue weighted by molar-refractivity contribution is 0.0107. The van der Waals surface area contributed by atoms with Gasteiger partial charge in [-0.2, -0.15) is 8.42 Å². The van der Waals surface area contributed by atoms with Crippen molar-refractivity contribution in [2.75, 3.05) is 6.54 Å². The third kappa shape index (κ3) is 6.44. The summed E-state index contributed by atoms with van der Waals surface area (Å²) in [7, 11) is -4.53. The van der Waals surface area contributed by atoms with E-state index in [4.69, 9.17) is 9.29 Å². The van der Waals surface area contributed by atoms with E-state index in [1.807, 2.05) is 0 Å². The summed E-state index contributed by atoms with van der Waals surface area (Å²) in [5.74, 6) is 0. The standard InChI is InChI=1S/C15H23NO7S/c1-15(2,3)23-14(19)16-9-8-11(17)13(18)10-6-4-5-7-12(10)24(20,21)22/h4-7,11,13,17-18H,8-9H2,1-3H3,(H,16,19)(H,20,21,22). The second-order valence-electron chi connectivity index (χ2n) is 6.24. The molecule has 8 nitrogen and oxygen atoms in total. The largest absolute Gasteiger partial charge is 0.444 e. The Labute approximate surface area is 141 Å². The molecule has 2 unspecified atom stereocenters. The van der Waals surface area contributed by atoms with Crippen LogP contribution in [0, 0.1) is 0 Å². The van der Waals surface area contributed by atoms with Crippen molar-refractivity contribution in [3.63, 3.8) is 0 Å². The van der Waals surface area contributed by atoms with Crippen molar-refractivity contribution in [1.82, 2.24) is 5.32 Å². The molecule has 9 heteroatoms. The number of carbonyl (C=O) groups is 1. The molecule has 0 bridgehead atoms. The quantitative estimate of drug-likeness (QED) is 0.560. The number of amides is 1. The van der Waals surface area contributed by atoms with Crippen LogP contribution in [0.25, 0.3) is 0 Å². The Hall–Kier alpha value is -1.68. The Bertz CT molecular complexity index is 667. The number of aliphatic hydroxyl groups is 2. The lowest BCUT2D eigenvalue weighted by Crippen LogP contribution is -2.34. The van der Waals surface area contributed by atoms with Crippen molar-refractivity contribution in [2.24, 2.45) is 0 Å². The predicted octanol–water partition coefficient (Wildman–Crippen LogP) is 1.24. The van der Waals surface area contributed by atoms with Crippen molar-refractivity contribution in [1.29, 1.82) is 0 Å². The summed E-state index contributed by atoms with van der Waals surface area (Å²) < 4.78 is 36.8. The highest BCUT2D eigenvalue weighted by Gasteiger charge is 2.25. The van der Waals surface area contributed by atoms with Gasteiger partial charge in [-0.05, 0) is 33.3 Å². The molecule has 0 aromatic heterocycles. The number of nitrogens with one attached hydrogen (secondary N) is 1. The Morgan fingerprint density at radius 2 is 1.83 bits per heavy atom. The van der Waals surface area contributed by atoms with Crippen molar-refractivity contribution in [2.45, 2.75) is 49.9 Å². The average molecular weight is 361 g/mol. The summed E-state index contributed by atoms with van der Waals surface area (Å²) >= 11 is 0. The lowest BCUT2D eigenvalue weighted by Gasteiger charge is -2.22. The highest BCUT2D eigenvalue weighted by molar-refractivity contribution is 7.85. The summed E-state index contributed by atoms with van der Waals surface area (Å²) in [4.78, 5) is 11.0. The van der Waals surface area contributed by atoms with Crippen LogP contribution in [0.1, 0.15) is 38.9 Å². The second-order valence-corrected chi connectivity index (χ2v) is 7.63. The molecule has 0 radical (unpaired) electrons. The Balaban J connectivity index is 2.67. The van der Waals surface area contributed by atoms with Gasteiger partial charge in [-0.1, -0.05) is 18.2 Å². The third-order valence-electron chi connectivity index (χ3n) is 2.99. The third-order valence-corrected chi connectivity index (χ3v) is 3.92. The molecule has 0 aliphatic carbocycles. The zero-order valence-corrected chi connectivity index (χ0v) is 14.6. The summed E-state index contributed by atoms with van der Waals surface area (Å²) in [6.45, 7) is 5.13. The van der Waals surface area contributed by atoms with Gasteiger partial charge >= 0.3 is 6.09 Å². The number of hydrogen-bond acceptors (Lipinski definition) is 6. The molecular formula is C15H23NO7S. The first-order valence-corrected chi connectivity index (χ1v) is 8.75. The first-order chi connectivity index (χ1) is 10.9. The Kier molecular flexibility index (Phi) is 6.73. The van der Waals surface area contributed by atoms with Gasteiger partial charge in [0, 0.05) is 12.1 Å². The monoisotopic (exact) mass is 361 g/mol. The highest BCUT2D eigenvalue weighted by atomic mass is 32.2. The molecule has 1 rings (SSSR count). The van der Waals surface area contributed by atoms with E-state index < -0.39 is 38.9 Å². The summed E-state index contributed by atoms with van der Waals surface area (Å²) in [6.07, 6.45) is -3.59. The van der Waals surface area contributed by atoms with E-state index in [0.29, 0.717) is 0 Å². The molecular weight excluding hydrogens is 338 g/mol. The molecule has 136 valence electrons. The lowest BCUT2D eigenvalue weighted by atomic mass is 10.0. The van der Waals surface area contributed by atoms with Crippen LogP contribution in [-0.2, 0) is 14.9 Å². The number of rotatable bonds is 6. The number of benzene rings is 1. The van der Waals surface area contributed by atoms with Crippen molar-refractivity contribution in [3.05, 3.63) is 29.8 Å². The zero-order chi connectivity index (χ0) is 18.5. The minimum absolute atomic E-state index is 0.0151. The average Bonchev–Trinajstić information content (AvgIpc) is 2.43.